The number of rotatable bonds is 7. The molecule has 5 nitrogen and oxygen atoms in total. The third-order valence-electron chi connectivity index (χ3n) is 2.91. The third-order valence-corrected chi connectivity index (χ3v) is 4.66. The van der Waals surface area contributed by atoms with E-state index in [0.29, 0.717) is 25.1 Å². The molecular weight excluding hydrogens is 314 g/mol. The van der Waals surface area contributed by atoms with E-state index in [1.165, 1.54) is 25.3 Å². The lowest BCUT2D eigenvalue weighted by molar-refractivity contribution is 0.414. The number of hydrogen-bond donors (Lipinski definition) is 1. The van der Waals surface area contributed by atoms with Crippen molar-refractivity contribution in [3.63, 3.8) is 0 Å². The molecule has 2 aromatic rings. The molecule has 2 rings (SSSR count). The Labute approximate surface area is 128 Å². The largest absolute Gasteiger partial charge is 0.495 e. The Hall–Kier alpha value is -1.50. The smallest absolute Gasteiger partial charge is 0.240 e. The number of ether oxygens (including phenoxy) is 1. The van der Waals surface area contributed by atoms with Crippen molar-refractivity contribution in [3.8, 4) is 5.75 Å². The summed E-state index contributed by atoms with van der Waals surface area (Å²) < 4.78 is 36.9. The zero-order valence-electron chi connectivity index (χ0n) is 11.5. The van der Waals surface area contributed by atoms with E-state index in [-0.39, 0.29) is 9.92 Å². The zero-order chi connectivity index (χ0) is 15.3. The van der Waals surface area contributed by atoms with Crippen molar-refractivity contribution in [2.75, 3.05) is 13.7 Å². The van der Waals surface area contributed by atoms with Crippen molar-refractivity contribution in [1.29, 1.82) is 0 Å². The molecule has 1 heterocycles. The Bertz CT molecular complexity index is 683. The summed E-state index contributed by atoms with van der Waals surface area (Å²) in [6.07, 6.45) is 2.92. The maximum absolute atomic E-state index is 12.1. The van der Waals surface area contributed by atoms with Crippen molar-refractivity contribution < 1.29 is 17.6 Å². The van der Waals surface area contributed by atoms with Gasteiger partial charge in [-0.05, 0) is 36.8 Å². The van der Waals surface area contributed by atoms with Crippen molar-refractivity contribution >= 4 is 21.6 Å². The number of methoxy groups -OCH3 is 1. The van der Waals surface area contributed by atoms with Gasteiger partial charge in [0.25, 0.3) is 0 Å². The Morgan fingerprint density at radius 3 is 2.76 bits per heavy atom. The molecule has 0 unspecified atom stereocenters. The van der Waals surface area contributed by atoms with Crippen LogP contribution in [0.2, 0.25) is 5.02 Å². The number of nitrogens with one attached hydrogen (secondary N) is 1. The first-order valence-electron chi connectivity index (χ1n) is 6.38. The average Bonchev–Trinajstić information content (AvgIpc) is 2.97. The first-order chi connectivity index (χ1) is 10.0. The summed E-state index contributed by atoms with van der Waals surface area (Å²) in [6, 6.07) is 8.02. The maximum atomic E-state index is 12.1. The number of hydrogen-bond acceptors (Lipinski definition) is 4. The second-order valence-electron chi connectivity index (χ2n) is 4.38. The van der Waals surface area contributed by atoms with Crippen LogP contribution in [0.4, 0.5) is 0 Å². The van der Waals surface area contributed by atoms with Gasteiger partial charge in [0.1, 0.15) is 11.5 Å². The summed E-state index contributed by atoms with van der Waals surface area (Å²) in [7, 11) is -2.09. The van der Waals surface area contributed by atoms with E-state index >= 15 is 0 Å². The summed E-state index contributed by atoms with van der Waals surface area (Å²) in [5.41, 5.74) is 0. The molecule has 0 bridgehead atoms. The molecule has 0 aliphatic rings. The van der Waals surface area contributed by atoms with Crippen LogP contribution in [0.5, 0.6) is 5.75 Å². The molecule has 0 amide bonds. The normalized spacial score (nSPS) is 11.5. The summed E-state index contributed by atoms with van der Waals surface area (Å²) in [4.78, 5) is 0.117. The molecule has 0 saturated carbocycles. The zero-order valence-corrected chi connectivity index (χ0v) is 13.1. The van der Waals surface area contributed by atoms with Gasteiger partial charge in [0.2, 0.25) is 10.0 Å². The minimum Gasteiger partial charge on any atom is -0.495 e. The number of benzene rings is 1. The Balaban J connectivity index is 1.93. The average molecular weight is 330 g/mol. The fourth-order valence-corrected chi connectivity index (χ4v) is 3.24. The Morgan fingerprint density at radius 2 is 2.14 bits per heavy atom. The highest BCUT2D eigenvalue weighted by molar-refractivity contribution is 7.89. The molecule has 0 aliphatic heterocycles. The molecule has 7 heteroatoms. The molecule has 0 saturated heterocycles. The summed E-state index contributed by atoms with van der Waals surface area (Å²) in [5.74, 6) is 1.27. The highest BCUT2D eigenvalue weighted by atomic mass is 35.5. The van der Waals surface area contributed by atoms with Crippen LogP contribution in [0, 0.1) is 0 Å². The molecule has 0 radical (unpaired) electrons. The minimum absolute atomic E-state index is 0.117. The van der Waals surface area contributed by atoms with E-state index in [0.717, 1.165) is 5.76 Å². The maximum Gasteiger partial charge on any atom is 0.240 e. The van der Waals surface area contributed by atoms with E-state index in [9.17, 15) is 8.42 Å². The van der Waals surface area contributed by atoms with E-state index in [2.05, 4.69) is 4.72 Å². The van der Waals surface area contributed by atoms with Gasteiger partial charge in [0.05, 0.1) is 23.3 Å². The monoisotopic (exact) mass is 329 g/mol. The predicted molar refractivity (Wildman–Crippen MR) is 80.2 cm³/mol. The van der Waals surface area contributed by atoms with Crippen LogP contribution in [-0.2, 0) is 16.4 Å². The number of halogens is 1. The molecule has 0 spiro atoms. The molecule has 0 atom stereocenters. The van der Waals surface area contributed by atoms with Crippen molar-refractivity contribution in [1.82, 2.24) is 4.72 Å². The topological polar surface area (TPSA) is 68.5 Å². The lowest BCUT2D eigenvalue weighted by atomic mass is 10.2. The molecule has 0 aliphatic carbocycles. The highest BCUT2D eigenvalue weighted by Crippen LogP contribution is 2.26. The van der Waals surface area contributed by atoms with Gasteiger partial charge in [-0.3, -0.25) is 0 Å². The van der Waals surface area contributed by atoms with E-state index in [1.54, 1.807) is 12.3 Å². The minimum atomic E-state index is -3.57. The molecule has 114 valence electrons. The Morgan fingerprint density at radius 1 is 1.33 bits per heavy atom. The third kappa shape index (κ3) is 4.23. The fourth-order valence-electron chi connectivity index (χ4n) is 1.82. The van der Waals surface area contributed by atoms with Crippen molar-refractivity contribution in [2.45, 2.75) is 17.7 Å². The van der Waals surface area contributed by atoms with Crippen LogP contribution in [0.15, 0.2) is 45.9 Å². The molecule has 21 heavy (non-hydrogen) atoms. The predicted octanol–water partition coefficient (Wildman–Crippen LogP) is 2.85. The molecular formula is C14H16ClNO4S. The first kappa shape index (κ1) is 15.9. The molecule has 1 aromatic heterocycles. The van der Waals surface area contributed by atoms with Crippen LogP contribution in [0.25, 0.3) is 0 Å². The molecule has 0 fully saturated rings. The SMILES string of the molecule is COc1ccc(S(=O)(=O)NCCCc2ccco2)cc1Cl. The van der Waals surface area contributed by atoms with Crippen LogP contribution >= 0.6 is 11.6 Å². The lowest BCUT2D eigenvalue weighted by Crippen LogP contribution is -2.25. The number of furan rings is 1. The van der Waals surface area contributed by atoms with Crippen molar-refractivity contribution in [3.05, 3.63) is 47.4 Å². The van der Waals surface area contributed by atoms with E-state index < -0.39 is 10.0 Å². The van der Waals surface area contributed by atoms with Crippen LogP contribution in [-0.4, -0.2) is 22.1 Å². The number of aryl methyl sites for hydroxylation is 1. The lowest BCUT2D eigenvalue weighted by Gasteiger charge is -2.08. The summed E-state index contributed by atoms with van der Waals surface area (Å²) in [6.45, 7) is 0.326. The molecule has 1 N–H and O–H groups in total. The van der Waals surface area contributed by atoms with Gasteiger partial charge in [0, 0.05) is 13.0 Å². The van der Waals surface area contributed by atoms with Crippen LogP contribution in [0.3, 0.4) is 0 Å². The quantitative estimate of drug-likeness (QED) is 0.793. The summed E-state index contributed by atoms with van der Waals surface area (Å²) in [5, 5.41) is 0.260. The fraction of sp³-hybridized carbons (Fsp3) is 0.286. The van der Waals surface area contributed by atoms with E-state index in [1.807, 2.05) is 6.07 Å². The van der Waals surface area contributed by atoms with Gasteiger partial charge in [0.15, 0.2) is 0 Å². The van der Waals surface area contributed by atoms with Gasteiger partial charge in [-0.25, -0.2) is 13.1 Å². The second kappa shape index (κ2) is 6.98. The molecule has 1 aromatic carbocycles. The van der Waals surface area contributed by atoms with Crippen LogP contribution < -0.4 is 9.46 Å². The van der Waals surface area contributed by atoms with Gasteiger partial charge >= 0.3 is 0 Å². The summed E-state index contributed by atoms with van der Waals surface area (Å²) >= 11 is 5.93. The Kier molecular flexibility index (Phi) is 5.27. The van der Waals surface area contributed by atoms with Crippen molar-refractivity contribution in [2.24, 2.45) is 0 Å². The van der Waals surface area contributed by atoms with Gasteiger partial charge in [-0.2, -0.15) is 0 Å². The van der Waals surface area contributed by atoms with Crippen LogP contribution in [0.1, 0.15) is 12.2 Å². The second-order valence-corrected chi connectivity index (χ2v) is 6.55. The highest BCUT2D eigenvalue weighted by Gasteiger charge is 2.15. The number of sulfonamides is 1. The van der Waals surface area contributed by atoms with E-state index in [4.69, 9.17) is 20.8 Å². The van der Waals surface area contributed by atoms with Gasteiger partial charge in [-0.1, -0.05) is 11.6 Å². The van der Waals surface area contributed by atoms with Gasteiger partial charge < -0.3 is 9.15 Å². The van der Waals surface area contributed by atoms with Gasteiger partial charge in [-0.15, -0.1) is 0 Å². The first-order valence-corrected chi connectivity index (χ1v) is 8.24. The standard InChI is InChI=1S/C14H16ClNO4S/c1-19-14-7-6-12(10-13(14)15)21(17,18)16-8-2-4-11-5-3-9-20-11/h3,5-7,9-10,16H,2,4,8H2,1H3.